The molecule has 14 heavy (non-hydrogen) atoms. The third-order valence-corrected chi connectivity index (χ3v) is 2.14. The van der Waals surface area contributed by atoms with Crippen LogP contribution in [-0.4, -0.2) is 18.3 Å². The fourth-order valence-electron chi connectivity index (χ4n) is 1.26. The van der Waals surface area contributed by atoms with Crippen LogP contribution in [0.3, 0.4) is 0 Å². The van der Waals surface area contributed by atoms with Crippen molar-refractivity contribution in [2.45, 2.75) is 45.4 Å². The minimum Gasteiger partial charge on any atom is -0.399 e. The van der Waals surface area contributed by atoms with Crippen molar-refractivity contribution in [3.63, 3.8) is 0 Å². The number of aliphatic hydroxyl groups excluding tert-OH is 1. The highest BCUT2D eigenvalue weighted by molar-refractivity contribution is 4.93. The molecule has 0 radical (unpaired) electrons. The summed E-state index contributed by atoms with van der Waals surface area (Å²) < 4.78 is 0. The van der Waals surface area contributed by atoms with Crippen molar-refractivity contribution >= 4 is 0 Å². The maximum atomic E-state index is 8.60. The first kappa shape index (κ1) is 13.3. The van der Waals surface area contributed by atoms with Crippen molar-refractivity contribution in [1.82, 2.24) is 5.32 Å². The van der Waals surface area contributed by atoms with E-state index >= 15 is 0 Å². The summed E-state index contributed by atoms with van der Waals surface area (Å²) in [4.78, 5) is 0. The van der Waals surface area contributed by atoms with Crippen LogP contribution in [0, 0.1) is 0 Å². The molecule has 0 spiro atoms. The van der Waals surface area contributed by atoms with E-state index < -0.39 is 0 Å². The smallest absolute Gasteiger partial charge is 0.0840 e. The third kappa shape index (κ3) is 9.39. The molecule has 0 aliphatic carbocycles. The molecule has 0 aromatic rings. The van der Waals surface area contributed by atoms with E-state index in [1.54, 1.807) is 6.20 Å². The van der Waals surface area contributed by atoms with Crippen LogP contribution in [0.2, 0.25) is 0 Å². The molecule has 0 saturated carbocycles. The summed E-state index contributed by atoms with van der Waals surface area (Å²) in [5, 5.41) is 11.7. The average Bonchev–Trinajstić information content (AvgIpc) is 2.21. The van der Waals surface area contributed by atoms with E-state index in [9.17, 15) is 0 Å². The first-order valence-electron chi connectivity index (χ1n) is 5.60. The molecule has 3 nitrogen and oxygen atoms in total. The van der Waals surface area contributed by atoms with Gasteiger partial charge >= 0.3 is 0 Å². The topological polar surface area (TPSA) is 58.3 Å². The minimum absolute atomic E-state index is 0.0660. The zero-order valence-electron chi connectivity index (χ0n) is 9.26. The predicted octanol–water partition coefficient (Wildman–Crippen LogP) is 1.73. The molecule has 0 atom stereocenters. The number of nitrogens with two attached hydrogens (primary N) is 1. The summed E-state index contributed by atoms with van der Waals surface area (Å²) in [7, 11) is 0. The van der Waals surface area contributed by atoms with Crippen molar-refractivity contribution in [3.05, 3.63) is 11.9 Å². The molecule has 3 heteroatoms. The van der Waals surface area contributed by atoms with Gasteiger partial charge in [0.15, 0.2) is 0 Å². The summed E-state index contributed by atoms with van der Waals surface area (Å²) in [6.45, 7) is 3.11. The second kappa shape index (κ2) is 10.4. The van der Waals surface area contributed by atoms with Crippen molar-refractivity contribution < 1.29 is 5.11 Å². The van der Waals surface area contributed by atoms with Gasteiger partial charge in [0.2, 0.25) is 0 Å². The summed E-state index contributed by atoms with van der Waals surface area (Å²) in [5.41, 5.74) is 5.90. The van der Waals surface area contributed by atoms with Crippen molar-refractivity contribution in [1.29, 1.82) is 0 Å². The van der Waals surface area contributed by atoms with Crippen LogP contribution < -0.4 is 11.1 Å². The van der Waals surface area contributed by atoms with E-state index in [1.807, 2.05) is 0 Å². The summed E-state index contributed by atoms with van der Waals surface area (Å²) in [6.07, 6.45) is 9.48. The Morgan fingerprint density at radius 2 is 1.86 bits per heavy atom. The summed E-state index contributed by atoms with van der Waals surface area (Å²) in [6, 6.07) is 0. The van der Waals surface area contributed by atoms with Crippen LogP contribution in [0.5, 0.6) is 0 Å². The Balaban J connectivity index is 3.06. The zero-order chi connectivity index (χ0) is 10.6. The van der Waals surface area contributed by atoms with Gasteiger partial charge in [-0.1, -0.05) is 39.0 Å². The molecular formula is C11H24N2O. The molecule has 0 aromatic carbocycles. The number of hydrogen-bond acceptors (Lipinski definition) is 3. The molecule has 0 heterocycles. The number of unbranched alkanes of at least 4 members (excludes halogenated alkanes) is 5. The SMILES string of the molecule is CCCCCCCCN/C=C(\N)CO. The highest BCUT2D eigenvalue weighted by atomic mass is 16.3. The van der Waals surface area contributed by atoms with Crippen molar-refractivity contribution in [3.8, 4) is 0 Å². The molecule has 0 aliphatic rings. The van der Waals surface area contributed by atoms with E-state index in [4.69, 9.17) is 10.8 Å². The van der Waals surface area contributed by atoms with Crippen molar-refractivity contribution in [2.24, 2.45) is 5.73 Å². The summed E-state index contributed by atoms with van der Waals surface area (Å²) >= 11 is 0. The normalized spacial score (nSPS) is 11.7. The molecular weight excluding hydrogens is 176 g/mol. The molecule has 0 fully saturated rings. The van der Waals surface area contributed by atoms with Gasteiger partial charge in [-0.3, -0.25) is 0 Å². The molecule has 84 valence electrons. The molecule has 0 amide bonds. The van der Waals surface area contributed by atoms with Gasteiger partial charge in [-0.15, -0.1) is 0 Å². The molecule has 0 saturated heterocycles. The molecule has 0 bridgehead atoms. The lowest BCUT2D eigenvalue weighted by molar-refractivity contribution is 0.329. The molecule has 0 aliphatic heterocycles. The fourth-order valence-corrected chi connectivity index (χ4v) is 1.26. The monoisotopic (exact) mass is 200 g/mol. The predicted molar refractivity (Wildman–Crippen MR) is 60.7 cm³/mol. The van der Waals surface area contributed by atoms with Crippen LogP contribution in [0.15, 0.2) is 11.9 Å². The Hall–Kier alpha value is -0.700. The Labute approximate surface area is 87.4 Å². The van der Waals surface area contributed by atoms with Gasteiger partial charge in [0.1, 0.15) is 0 Å². The van der Waals surface area contributed by atoms with Gasteiger partial charge in [0, 0.05) is 18.4 Å². The lowest BCUT2D eigenvalue weighted by Gasteiger charge is -2.02. The zero-order valence-corrected chi connectivity index (χ0v) is 9.26. The Morgan fingerprint density at radius 1 is 1.21 bits per heavy atom. The van der Waals surface area contributed by atoms with E-state index in [0.29, 0.717) is 5.70 Å². The van der Waals surface area contributed by atoms with Crippen LogP contribution in [-0.2, 0) is 0 Å². The van der Waals surface area contributed by atoms with Gasteiger partial charge in [0.25, 0.3) is 0 Å². The molecule has 0 rings (SSSR count). The van der Waals surface area contributed by atoms with Gasteiger partial charge < -0.3 is 16.2 Å². The maximum Gasteiger partial charge on any atom is 0.0840 e. The van der Waals surface area contributed by atoms with Gasteiger partial charge in [-0.25, -0.2) is 0 Å². The van der Waals surface area contributed by atoms with Crippen LogP contribution in [0.4, 0.5) is 0 Å². The largest absolute Gasteiger partial charge is 0.399 e. The Bertz CT molecular complexity index is 146. The standard InChI is InChI=1S/C11H24N2O/c1-2-3-4-5-6-7-8-13-9-11(12)10-14/h9,13-14H,2-8,10,12H2,1H3/b11-9-. The first-order valence-corrected chi connectivity index (χ1v) is 5.60. The summed E-state index contributed by atoms with van der Waals surface area (Å²) in [5.74, 6) is 0. The van der Waals surface area contributed by atoms with E-state index in [-0.39, 0.29) is 6.61 Å². The highest BCUT2D eigenvalue weighted by Gasteiger charge is 1.89. The quantitative estimate of drug-likeness (QED) is 0.497. The Kier molecular flexibility index (Phi) is 9.86. The van der Waals surface area contributed by atoms with Crippen LogP contribution >= 0.6 is 0 Å². The van der Waals surface area contributed by atoms with Gasteiger partial charge in [-0.2, -0.15) is 0 Å². The number of rotatable bonds is 9. The maximum absolute atomic E-state index is 8.60. The number of nitrogens with one attached hydrogen (secondary N) is 1. The van der Waals surface area contributed by atoms with E-state index in [2.05, 4.69) is 12.2 Å². The lowest BCUT2D eigenvalue weighted by Crippen LogP contribution is -2.12. The highest BCUT2D eigenvalue weighted by Crippen LogP contribution is 2.03. The molecule has 0 unspecified atom stereocenters. The molecule has 0 aromatic heterocycles. The Morgan fingerprint density at radius 3 is 2.50 bits per heavy atom. The van der Waals surface area contributed by atoms with Gasteiger partial charge in [-0.05, 0) is 6.42 Å². The fraction of sp³-hybridized carbons (Fsp3) is 0.818. The lowest BCUT2D eigenvalue weighted by atomic mass is 10.1. The average molecular weight is 200 g/mol. The second-order valence-corrected chi connectivity index (χ2v) is 3.60. The second-order valence-electron chi connectivity index (χ2n) is 3.60. The minimum atomic E-state index is -0.0660. The van der Waals surface area contributed by atoms with Crippen LogP contribution in [0.1, 0.15) is 45.4 Å². The third-order valence-electron chi connectivity index (χ3n) is 2.14. The number of aliphatic hydroxyl groups is 1. The number of hydrogen-bond donors (Lipinski definition) is 3. The van der Waals surface area contributed by atoms with E-state index in [1.165, 1.54) is 38.5 Å². The first-order chi connectivity index (χ1) is 6.81. The van der Waals surface area contributed by atoms with Gasteiger partial charge in [0.05, 0.1) is 6.61 Å². The van der Waals surface area contributed by atoms with Crippen molar-refractivity contribution in [2.75, 3.05) is 13.2 Å². The molecule has 4 N–H and O–H groups in total. The van der Waals surface area contributed by atoms with Crippen LogP contribution in [0.25, 0.3) is 0 Å². The van der Waals surface area contributed by atoms with E-state index in [0.717, 1.165) is 6.54 Å².